The quantitative estimate of drug-likeness (QED) is 0.382. The minimum absolute atomic E-state index is 0.00491. The van der Waals surface area contributed by atoms with Gasteiger partial charge in [0.05, 0.1) is 6.54 Å². The predicted octanol–water partition coefficient (Wildman–Crippen LogP) is 5.75. The molecule has 0 spiro atoms. The number of halogens is 1. The molecule has 3 rings (SSSR count). The van der Waals surface area contributed by atoms with Crippen LogP contribution in [0.5, 0.6) is 0 Å². The largest absolute Gasteiger partial charge is 0.464 e. The van der Waals surface area contributed by atoms with Crippen molar-refractivity contribution < 1.29 is 14.0 Å². The second kappa shape index (κ2) is 11.7. The molecular formula is C27H31ClN2O3. The van der Waals surface area contributed by atoms with Crippen LogP contribution in [0.3, 0.4) is 0 Å². The Morgan fingerprint density at radius 1 is 1.00 bits per heavy atom. The highest BCUT2D eigenvalue weighted by Crippen LogP contribution is 2.16. The van der Waals surface area contributed by atoms with E-state index < -0.39 is 0 Å². The number of amides is 2. The molecule has 0 aliphatic heterocycles. The number of benzene rings is 2. The van der Waals surface area contributed by atoms with Gasteiger partial charge in [-0.3, -0.25) is 9.59 Å². The van der Waals surface area contributed by atoms with Crippen LogP contribution in [0.4, 0.5) is 0 Å². The zero-order valence-electron chi connectivity index (χ0n) is 19.5. The highest BCUT2D eigenvalue weighted by atomic mass is 35.5. The lowest BCUT2D eigenvalue weighted by molar-refractivity contribution is -0.133. The van der Waals surface area contributed by atoms with E-state index in [0.717, 1.165) is 29.9 Å². The van der Waals surface area contributed by atoms with Crippen molar-refractivity contribution in [3.05, 3.63) is 94.4 Å². The monoisotopic (exact) mass is 466 g/mol. The van der Waals surface area contributed by atoms with Gasteiger partial charge >= 0.3 is 0 Å². The molecule has 5 nitrogen and oxygen atoms in total. The first-order chi connectivity index (χ1) is 15.9. The fourth-order valence-electron chi connectivity index (χ4n) is 3.61. The van der Waals surface area contributed by atoms with E-state index in [1.54, 1.807) is 34.1 Å². The standard InChI is InChI=1S/C27H31ClN2O3/c1-4-20(2)30(27(32)23-11-13-24(28)14-12-23)19-26(31)29(18-25-15-10-21(3)33-25)17-16-22-8-6-5-7-9-22/h5-15,20H,4,16-19H2,1-3H3. The highest BCUT2D eigenvalue weighted by Gasteiger charge is 2.26. The molecular weight excluding hydrogens is 436 g/mol. The topological polar surface area (TPSA) is 53.8 Å². The summed E-state index contributed by atoms with van der Waals surface area (Å²) < 4.78 is 5.73. The molecule has 0 radical (unpaired) electrons. The van der Waals surface area contributed by atoms with Gasteiger partial charge in [-0.2, -0.15) is 0 Å². The number of hydrogen-bond acceptors (Lipinski definition) is 3. The van der Waals surface area contributed by atoms with Crippen molar-refractivity contribution in [3.8, 4) is 0 Å². The average Bonchev–Trinajstić information content (AvgIpc) is 3.24. The van der Waals surface area contributed by atoms with Crippen molar-refractivity contribution in [2.75, 3.05) is 13.1 Å². The van der Waals surface area contributed by atoms with Crippen LogP contribution >= 0.6 is 11.6 Å². The van der Waals surface area contributed by atoms with Gasteiger partial charge in [-0.05, 0) is 68.7 Å². The van der Waals surface area contributed by atoms with Gasteiger partial charge in [-0.15, -0.1) is 0 Å². The van der Waals surface area contributed by atoms with E-state index in [9.17, 15) is 9.59 Å². The zero-order chi connectivity index (χ0) is 23.8. The SMILES string of the molecule is CCC(C)N(CC(=O)N(CCc1ccccc1)Cc1ccc(C)o1)C(=O)c1ccc(Cl)cc1. The normalized spacial score (nSPS) is 11.8. The van der Waals surface area contributed by atoms with Gasteiger partial charge in [0, 0.05) is 23.2 Å². The van der Waals surface area contributed by atoms with Gasteiger partial charge < -0.3 is 14.2 Å². The second-order valence-electron chi connectivity index (χ2n) is 8.26. The number of rotatable bonds is 10. The van der Waals surface area contributed by atoms with Crippen LogP contribution in [0, 0.1) is 6.92 Å². The summed E-state index contributed by atoms with van der Waals surface area (Å²) in [6.45, 7) is 6.76. The number of hydrogen-bond donors (Lipinski definition) is 0. The summed E-state index contributed by atoms with van der Waals surface area (Å²) in [7, 11) is 0. The Balaban J connectivity index is 1.78. The summed E-state index contributed by atoms with van der Waals surface area (Å²) in [5.41, 5.74) is 1.67. The first-order valence-electron chi connectivity index (χ1n) is 11.3. The number of carbonyl (C=O) groups is 2. The molecule has 0 aliphatic carbocycles. The first-order valence-corrected chi connectivity index (χ1v) is 11.7. The molecule has 0 saturated heterocycles. The summed E-state index contributed by atoms with van der Waals surface area (Å²) in [6.07, 6.45) is 1.47. The fraction of sp³-hybridized carbons (Fsp3) is 0.333. The van der Waals surface area contributed by atoms with E-state index in [-0.39, 0.29) is 24.4 Å². The molecule has 1 atom stereocenters. The lowest BCUT2D eigenvalue weighted by Gasteiger charge is -2.31. The van der Waals surface area contributed by atoms with Gasteiger partial charge in [0.25, 0.3) is 5.91 Å². The van der Waals surface area contributed by atoms with Gasteiger partial charge in [0.1, 0.15) is 18.1 Å². The summed E-state index contributed by atoms with van der Waals surface area (Å²) in [5.74, 6) is 1.25. The Bertz CT molecular complexity index is 1050. The number of nitrogens with zero attached hydrogens (tertiary/aromatic N) is 2. The van der Waals surface area contributed by atoms with Crippen molar-refractivity contribution in [2.45, 2.75) is 46.2 Å². The van der Waals surface area contributed by atoms with Crippen LogP contribution in [0.1, 0.15) is 47.7 Å². The smallest absolute Gasteiger partial charge is 0.254 e. The Morgan fingerprint density at radius 3 is 2.30 bits per heavy atom. The van der Waals surface area contributed by atoms with E-state index >= 15 is 0 Å². The van der Waals surface area contributed by atoms with Gasteiger partial charge in [-0.25, -0.2) is 0 Å². The van der Waals surface area contributed by atoms with Crippen molar-refractivity contribution in [1.82, 2.24) is 9.80 Å². The third-order valence-corrected chi connectivity index (χ3v) is 6.04. The van der Waals surface area contributed by atoms with Crippen LogP contribution in [0.15, 0.2) is 71.1 Å². The van der Waals surface area contributed by atoms with E-state index in [4.69, 9.17) is 16.0 Å². The van der Waals surface area contributed by atoms with Crippen molar-refractivity contribution >= 4 is 23.4 Å². The Hall–Kier alpha value is -3.05. The van der Waals surface area contributed by atoms with E-state index in [1.807, 2.05) is 51.1 Å². The van der Waals surface area contributed by atoms with Gasteiger partial charge in [0.15, 0.2) is 0 Å². The number of furan rings is 1. The maximum atomic E-state index is 13.5. The molecule has 0 bridgehead atoms. The molecule has 0 saturated carbocycles. The second-order valence-corrected chi connectivity index (χ2v) is 8.70. The van der Waals surface area contributed by atoms with E-state index in [2.05, 4.69) is 12.1 Å². The molecule has 3 aromatic rings. The maximum Gasteiger partial charge on any atom is 0.254 e. The Labute approximate surface area is 201 Å². The Morgan fingerprint density at radius 2 is 1.70 bits per heavy atom. The predicted molar refractivity (Wildman–Crippen MR) is 131 cm³/mol. The summed E-state index contributed by atoms with van der Waals surface area (Å²) in [6, 6.07) is 20.5. The summed E-state index contributed by atoms with van der Waals surface area (Å²) in [4.78, 5) is 30.1. The molecule has 2 aromatic carbocycles. The van der Waals surface area contributed by atoms with Crippen molar-refractivity contribution in [1.29, 1.82) is 0 Å². The minimum Gasteiger partial charge on any atom is -0.464 e. The lowest BCUT2D eigenvalue weighted by atomic mass is 10.1. The van der Waals surface area contributed by atoms with E-state index in [1.165, 1.54) is 0 Å². The molecule has 1 aromatic heterocycles. The maximum absolute atomic E-state index is 13.5. The van der Waals surface area contributed by atoms with Crippen LogP contribution in [0.2, 0.25) is 5.02 Å². The molecule has 0 N–H and O–H groups in total. The minimum atomic E-state index is -0.175. The Kier molecular flexibility index (Phi) is 8.72. The van der Waals surface area contributed by atoms with Crippen LogP contribution in [0.25, 0.3) is 0 Å². The van der Waals surface area contributed by atoms with Gasteiger partial charge in [-0.1, -0.05) is 48.9 Å². The third-order valence-electron chi connectivity index (χ3n) is 5.79. The van der Waals surface area contributed by atoms with Crippen LogP contribution in [-0.2, 0) is 17.8 Å². The average molecular weight is 467 g/mol. The van der Waals surface area contributed by atoms with Crippen molar-refractivity contribution in [2.24, 2.45) is 0 Å². The molecule has 0 aliphatic rings. The summed E-state index contributed by atoms with van der Waals surface area (Å²) >= 11 is 5.98. The fourth-order valence-corrected chi connectivity index (χ4v) is 3.74. The third kappa shape index (κ3) is 6.96. The number of carbonyl (C=O) groups excluding carboxylic acids is 2. The summed E-state index contributed by atoms with van der Waals surface area (Å²) in [5, 5.41) is 0.568. The molecule has 1 heterocycles. The lowest BCUT2D eigenvalue weighted by Crippen LogP contribution is -2.46. The zero-order valence-corrected chi connectivity index (χ0v) is 20.2. The first kappa shape index (κ1) is 24.6. The van der Waals surface area contributed by atoms with Crippen LogP contribution < -0.4 is 0 Å². The molecule has 174 valence electrons. The molecule has 0 fully saturated rings. The van der Waals surface area contributed by atoms with E-state index in [0.29, 0.717) is 23.7 Å². The number of aryl methyl sites for hydroxylation is 1. The van der Waals surface area contributed by atoms with Gasteiger partial charge in [0.2, 0.25) is 5.91 Å². The molecule has 1 unspecified atom stereocenters. The van der Waals surface area contributed by atoms with Crippen LogP contribution in [-0.4, -0.2) is 40.7 Å². The molecule has 33 heavy (non-hydrogen) atoms. The van der Waals surface area contributed by atoms with Crippen molar-refractivity contribution in [3.63, 3.8) is 0 Å². The molecule has 6 heteroatoms. The molecule has 2 amide bonds. The highest BCUT2D eigenvalue weighted by molar-refractivity contribution is 6.30.